The number of hydrogen-bond donors (Lipinski definition) is 0. The Morgan fingerprint density at radius 1 is 1.25 bits per heavy atom. The smallest absolute Gasteiger partial charge is 0.123 e. The van der Waals surface area contributed by atoms with Crippen molar-refractivity contribution in [1.82, 2.24) is 4.98 Å². The molecule has 0 spiro atoms. The third kappa shape index (κ3) is 2.40. The van der Waals surface area contributed by atoms with Gasteiger partial charge in [0.1, 0.15) is 5.82 Å². The van der Waals surface area contributed by atoms with Crippen molar-refractivity contribution in [3.8, 4) is 0 Å². The molecule has 0 saturated heterocycles. The molecule has 0 fully saturated rings. The van der Waals surface area contributed by atoms with E-state index in [4.69, 9.17) is 0 Å². The molecule has 1 aliphatic rings. The Balaban J connectivity index is 1.95. The number of anilines is 1. The lowest BCUT2D eigenvalue weighted by Gasteiger charge is -2.30. The first-order valence-corrected chi connectivity index (χ1v) is 7.24. The van der Waals surface area contributed by atoms with Crippen LogP contribution in [0, 0.1) is 5.82 Å². The average Bonchev–Trinajstić information content (AvgIpc) is 2.88. The second-order valence-electron chi connectivity index (χ2n) is 5.30. The first-order valence-electron chi connectivity index (χ1n) is 7.24. The van der Waals surface area contributed by atoms with Gasteiger partial charge in [-0.15, -0.1) is 0 Å². The molecule has 1 atom stereocenters. The lowest BCUT2D eigenvalue weighted by molar-refractivity contribution is 0.580. The molecule has 0 bridgehead atoms. The van der Waals surface area contributed by atoms with Crippen molar-refractivity contribution in [2.45, 2.75) is 32.2 Å². The summed E-state index contributed by atoms with van der Waals surface area (Å²) in [4.78, 5) is 6.51. The number of pyridine rings is 1. The summed E-state index contributed by atoms with van der Waals surface area (Å²) >= 11 is 0. The molecular weight excluding hydrogens is 251 g/mol. The van der Waals surface area contributed by atoms with Gasteiger partial charge < -0.3 is 4.90 Å². The van der Waals surface area contributed by atoms with Crippen LogP contribution in [0.3, 0.4) is 0 Å². The minimum absolute atomic E-state index is 0.137. The second-order valence-corrected chi connectivity index (χ2v) is 5.30. The minimum atomic E-state index is -0.137. The van der Waals surface area contributed by atoms with E-state index in [1.54, 1.807) is 12.1 Å². The molecule has 1 aromatic carbocycles. The van der Waals surface area contributed by atoms with E-state index in [2.05, 4.69) is 28.9 Å². The molecule has 2 heterocycles. The van der Waals surface area contributed by atoms with Gasteiger partial charge in [-0.3, -0.25) is 4.98 Å². The Morgan fingerprint density at radius 3 is 2.80 bits per heavy atom. The summed E-state index contributed by atoms with van der Waals surface area (Å²) in [7, 11) is 0. The Kier molecular flexibility index (Phi) is 3.68. The van der Waals surface area contributed by atoms with Crippen LogP contribution in [-0.2, 0) is 6.42 Å². The van der Waals surface area contributed by atoms with Gasteiger partial charge in [0.05, 0.1) is 6.04 Å². The third-order valence-electron chi connectivity index (χ3n) is 4.00. The van der Waals surface area contributed by atoms with Crippen LogP contribution in [0.15, 0.2) is 42.7 Å². The van der Waals surface area contributed by atoms with Crippen molar-refractivity contribution in [3.05, 3.63) is 59.7 Å². The Hall–Kier alpha value is -1.90. The Labute approximate surface area is 119 Å². The fourth-order valence-electron chi connectivity index (χ4n) is 3.08. The van der Waals surface area contributed by atoms with Crippen molar-refractivity contribution in [2.24, 2.45) is 0 Å². The topological polar surface area (TPSA) is 16.1 Å². The summed E-state index contributed by atoms with van der Waals surface area (Å²) in [6, 6.07) is 9.68. The number of hydrogen-bond acceptors (Lipinski definition) is 2. The van der Waals surface area contributed by atoms with E-state index in [1.807, 2.05) is 18.5 Å². The van der Waals surface area contributed by atoms with E-state index in [1.165, 1.54) is 11.3 Å². The van der Waals surface area contributed by atoms with E-state index in [0.717, 1.165) is 31.4 Å². The van der Waals surface area contributed by atoms with Crippen LogP contribution in [0.2, 0.25) is 0 Å². The number of nitrogens with zero attached hydrogens (tertiary/aromatic N) is 2. The maximum atomic E-state index is 13.3. The van der Waals surface area contributed by atoms with Crippen LogP contribution in [0.4, 0.5) is 10.1 Å². The molecule has 1 unspecified atom stereocenters. The zero-order valence-electron chi connectivity index (χ0n) is 11.7. The van der Waals surface area contributed by atoms with E-state index in [0.29, 0.717) is 6.04 Å². The van der Waals surface area contributed by atoms with Crippen LogP contribution < -0.4 is 4.90 Å². The zero-order valence-corrected chi connectivity index (χ0v) is 11.7. The van der Waals surface area contributed by atoms with Gasteiger partial charge in [-0.1, -0.05) is 13.3 Å². The standard InChI is InChI=1S/C17H19FN2/c1-2-3-16(13-6-9-19-10-7-13)20-11-8-14-12-15(18)4-5-17(14)20/h4-7,9-10,12,16H,2-3,8,11H2,1H3. The van der Waals surface area contributed by atoms with Crippen LogP contribution >= 0.6 is 0 Å². The minimum Gasteiger partial charge on any atom is -0.364 e. The van der Waals surface area contributed by atoms with Crippen LogP contribution in [0.5, 0.6) is 0 Å². The van der Waals surface area contributed by atoms with E-state index in [9.17, 15) is 4.39 Å². The molecule has 0 aliphatic carbocycles. The molecular formula is C17H19FN2. The molecule has 1 aromatic heterocycles. The van der Waals surface area contributed by atoms with Gasteiger partial charge in [-0.05, 0) is 54.3 Å². The van der Waals surface area contributed by atoms with Crippen molar-refractivity contribution in [1.29, 1.82) is 0 Å². The van der Waals surface area contributed by atoms with E-state index in [-0.39, 0.29) is 5.82 Å². The Morgan fingerprint density at radius 2 is 2.05 bits per heavy atom. The van der Waals surface area contributed by atoms with Crippen molar-refractivity contribution in [3.63, 3.8) is 0 Å². The number of halogens is 1. The fourth-order valence-corrected chi connectivity index (χ4v) is 3.08. The van der Waals surface area contributed by atoms with Gasteiger partial charge in [0, 0.05) is 24.6 Å². The predicted molar refractivity (Wildman–Crippen MR) is 79.3 cm³/mol. The third-order valence-corrected chi connectivity index (χ3v) is 4.00. The van der Waals surface area contributed by atoms with E-state index >= 15 is 0 Å². The predicted octanol–water partition coefficient (Wildman–Crippen LogP) is 4.12. The first-order chi connectivity index (χ1) is 9.79. The SMILES string of the molecule is CCCC(c1ccncc1)N1CCc2cc(F)ccc21. The highest BCUT2D eigenvalue weighted by atomic mass is 19.1. The largest absolute Gasteiger partial charge is 0.364 e. The van der Waals surface area contributed by atoms with Gasteiger partial charge in [0.15, 0.2) is 0 Å². The number of benzene rings is 1. The number of rotatable bonds is 4. The molecule has 3 heteroatoms. The molecule has 2 aromatic rings. The lowest BCUT2D eigenvalue weighted by Crippen LogP contribution is -2.26. The quantitative estimate of drug-likeness (QED) is 0.830. The number of fused-ring (bicyclic) bond motifs is 1. The highest BCUT2D eigenvalue weighted by molar-refractivity contribution is 5.59. The summed E-state index contributed by atoms with van der Waals surface area (Å²) in [6.07, 6.45) is 6.85. The van der Waals surface area contributed by atoms with Gasteiger partial charge in [0.25, 0.3) is 0 Å². The normalized spacial score (nSPS) is 15.2. The summed E-state index contributed by atoms with van der Waals surface area (Å²) in [5, 5.41) is 0. The van der Waals surface area contributed by atoms with Gasteiger partial charge >= 0.3 is 0 Å². The molecule has 0 radical (unpaired) electrons. The Bertz CT molecular complexity index is 583. The van der Waals surface area contributed by atoms with Gasteiger partial charge in [-0.25, -0.2) is 4.39 Å². The molecule has 3 rings (SSSR count). The molecule has 0 N–H and O–H groups in total. The monoisotopic (exact) mass is 270 g/mol. The maximum absolute atomic E-state index is 13.3. The molecule has 104 valence electrons. The van der Waals surface area contributed by atoms with Gasteiger partial charge in [0.2, 0.25) is 0 Å². The van der Waals surface area contributed by atoms with Crippen molar-refractivity contribution < 1.29 is 4.39 Å². The highest BCUT2D eigenvalue weighted by Crippen LogP contribution is 2.37. The maximum Gasteiger partial charge on any atom is 0.123 e. The summed E-state index contributed by atoms with van der Waals surface area (Å²) in [6.45, 7) is 3.17. The van der Waals surface area contributed by atoms with Crippen molar-refractivity contribution in [2.75, 3.05) is 11.4 Å². The summed E-state index contributed by atoms with van der Waals surface area (Å²) < 4.78 is 13.3. The fraction of sp³-hybridized carbons (Fsp3) is 0.353. The van der Waals surface area contributed by atoms with Crippen molar-refractivity contribution >= 4 is 5.69 Å². The lowest BCUT2D eigenvalue weighted by atomic mass is 10.0. The summed E-state index contributed by atoms with van der Waals surface area (Å²) in [5.74, 6) is -0.137. The first kappa shape index (κ1) is 13.1. The number of aromatic nitrogens is 1. The molecule has 2 nitrogen and oxygen atoms in total. The van der Waals surface area contributed by atoms with Crippen LogP contribution in [0.1, 0.15) is 36.9 Å². The molecule has 20 heavy (non-hydrogen) atoms. The molecule has 0 amide bonds. The van der Waals surface area contributed by atoms with E-state index < -0.39 is 0 Å². The summed E-state index contributed by atoms with van der Waals surface area (Å²) in [5.41, 5.74) is 3.60. The molecule has 1 aliphatic heterocycles. The second kappa shape index (κ2) is 5.61. The van der Waals surface area contributed by atoms with Crippen LogP contribution in [0.25, 0.3) is 0 Å². The average molecular weight is 270 g/mol. The molecule has 0 saturated carbocycles. The zero-order chi connectivity index (χ0) is 13.9. The highest BCUT2D eigenvalue weighted by Gasteiger charge is 2.26. The van der Waals surface area contributed by atoms with Gasteiger partial charge in [-0.2, -0.15) is 0 Å². The van der Waals surface area contributed by atoms with Crippen LogP contribution in [-0.4, -0.2) is 11.5 Å².